The normalized spacial score (nSPS) is 13.2. The van der Waals surface area contributed by atoms with E-state index in [-0.39, 0.29) is 10.6 Å². The largest absolute Gasteiger partial charge is 0.435 e. The first-order valence-electron chi connectivity index (χ1n) is 9.80. The molecule has 3 aromatic rings. The summed E-state index contributed by atoms with van der Waals surface area (Å²) in [5.41, 5.74) is -3.30. The smallest absolute Gasteiger partial charge is 0.434 e. The Morgan fingerprint density at radius 1 is 1.08 bits per heavy atom. The maximum absolute atomic E-state index is 14.4. The number of ether oxygens (including phenoxy) is 2. The molecule has 16 heteroatoms. The van der Waals surface area contributed by atoms with Crippen LogP contribution in [0, 0.1) is 23.3 Å². The number of nitrogens with zero attached hydrogens (tertiary/aromatic N) is 2. The maximum Gasteiger partial charge on any atom is 0.435 e. The SMILES string of the molecule is Cc1c(C(F)(F)F)nnc(Oc2ccc(OC(F)F)c(F)c2F)c1C(=O)Nc1cccc(S(C)(=N)=O)c1. The van der Waals surface area contributed by atoms with Gasteiger partial charge in [0.15, 0.2) is 17.2 Å². The number of anilines is 1. The van der Waals surface area contributed by atoms with Gasteiger partial charge in [-0.2, -0.15) is 30.7 Å². The molecule has 0 aliphatic heterocycles. The van der Waals surface area contributed by atoms with Gasteiger partial charge in [0.25, 0.3) is 11.8 Å². The number of nitrogens with one attached hydrogen (secondary N) is 2. The highest BCUT2D eigenvalue weighted by atomic mass is 32.2. The molecule has 1 amide bonds. The lowest BCUT2D eigenvalue weighted by Crippen LogP contribution is -2.21. The van der Waals surface area contributed by atoms with Crippen molar-refractivity contribution in [3.05, 3.63) is 64.9 Å². The highest BCUT2D eigenvalue weighted by Crippen LogP contribution is 2.37. The number of carbonyl (C=O) groups excluding carboxylic acids is 1. The van der Waals surface area contributed by atoms with E-state index in [1.807, 2.05) is 0 Å². The number of hydrogen-bond donors (Lipinski definition) is 2. The third kappa shape index (κ3) is 6.25. The van der Waals surface area contributed by atoms with Crippen molar-refractivity contribution < 1.29 is 49.2 Å². The fourth-order valence-corrected chi connectivity index (χ4v) is 3.69. The zero-order chi connectivity index (χ0) is 27.7. The summed E-state index contributed by atoms with van der Waals surface area (Å²) in [6.07, 6.45) is -3.95. The average molecular weight is 552 g/mol. The molecule has 2 N–H and O–H groups in total. The summed E-state index contributed by atoms with van der Waals surface area (Å²) in [5, 5.41) is 8.40. The summed E-state index contributed by atoms with van der Waals surface area (Å²) < 4.78 is 122. The lowest BCUT2D eigenvalue weighted by Gasteiger charge is -2.16. The number of alkyl halides is 5. The molecule has 0 spiro atoms. The Hall–Kier alpha value is -3.95. The third-order valence-electron chi connectivity index (χ3n) is 4.66. The van der Waals surface area contributed by atoms with Crippen LogP contribution in [0.25, 0.3) is 0 Å². The maximum atomic E-state index is 14.4. The van der Waals surface area contributed by atoms with E-state index in [1.54, 1.807) is 0 Å². The van der Waals surface area contributed by atoms with Gasteiger partial charge in [-0.05, 0) is 42.8 Å². The minimum Gasteiger partial charge on any atom is -0.434 e. The number of carbonyl (C=O) groups is 1. The Kier molecular flexibility index (Phi) is 7.62. The Morgan fingerprint density at radius 2 is 1.70 bits per heavy atom. The number of amides is 1. The van der Waals surface area contributed by atoms with Crippen molar-refractivity contribution >= 4 is 21.3 Å². The monoisotopic (exact) mass is 552 g/mol. The Labute approximate surface area is 204 Å². The lowest BCUT2D eigenvalue weighted by atomic mass is 10.1. The molecule has 3 rings (SSSR count). The molecule has 1 unspecified atom stereocenters. The van der Waals surface area contributed by atoms with Crippen LogP contribution in [0.1, 0.15) is 21.6 Å². The van der Waals surface area contributed by atoms with Gasteiger partial charge in [0.05, 0.1) is 9.73 Å². The molecule has 0 saturated carbocycles. The van der Waals surface area contributed by atoms with Crippen LogP contribution >= 0.6 is 0 Å². The van der Waals surface area contributed by atoms with Gasteiger partial charge in [-0.1, -0.05) is 6.07 Å². The fourth-order valence-electron chi connectivity index (χ4n) is 3.00. The van der Waals surface area contributed by atoms with Gasteiger partial charge in [-0.25, -0.2) is 8.99 Å². The van der Waals surface area contributed by atoms with Gasteiger partial charge in [-0.15, -0.1) is 10.2 Å². The molecule has 8 nitrogen and oxygen atoms in total. The molecule has 0 aliphatic carbocycles. The Balaban J connectivity index is 2.08. The van der Waals surface area contributed by atoms with E-state index in [0.29, 0.717) is 12.1 Å². The third-order valence-corrected chi connectivity index (χ3v) is 5.81. The standard InChI is InChI=1S/C21H15F7N4O4S/c1-9-14(18(33)30-10-4-3-5-11(8-10)37(2,29)34)19(32-31-17(9)21(26,27)28)35-12-6-7-13(36-20(24)25)16(23)15(12)22/h3-8,20,29H,1-2H3,(H,30,33). The molecular formula is C21H15F7N4O4S. The van der Waals surface area contributed by atoms with Crippen LogP contribution in [0.4, 0.5) is 36.4 Å². The molecular weight excluding hydrogens is 537 g/mol. The van der Waals surface area contributed by atoms with E-state index in [4.69, 9.17) is 9.52 Å². The highest BCUT2D eigenvalue weighted by Gasteiger charge is 2.38. The zero-order valence-electron chi connectivity index (χ0n) is 18.6. The van der Waals surface area contributed by atoms with E-state index in [1.165, 1.54) is 18.2 Å². The van der Waals surface area contributed by atoms with Gasteiger partial charge < -0.3 is 14.8 Å². The van der Waals surface area contributed by atoms with Gasteiger partial charge in [0, 0.05) is 16.8 Å². The number of aromatic nitrogens is 2. The van der Waals surface area contributed by atoms with Crippen molar-refractivity contribution in [3.8, 4) is 17.4 Å². The minimum atomic E-state index is -5.06. The molecule has 0 bridgehead atoms. The van der Waals surface area contributed by atoms with E-state index < -0.39 is 74.3 Å². The van der Waals surface area contributed by atoms with Crippen molar-refractivity contribution in [2.75, 3.05) is 11.6 Å². The van der Waals surface area contributed by atoms with Gasteiger partial charge in [0.2, 0.25) is 11.6 Å². The van der Waals surface area contributed by atoms with Gasteiger partial charge >= 0.3 is 12.8 Å². The quantitative estimate of drug-likeness (QED) is 0.360. The van der Waals surface area contributed by atoms with Gasteiger partial charge in [0.1, 0.15) is 5.56 Å². The van der Waals surface area contributed by atoms with Crippen molar-refractivity contribution in [1.29, 1.82) is 4.78 Å². The molecule has 0 saturated heterocycles. The highest BCUT2D eigenvalue weighted by molar-refractivity contribution is 7.91. The first kappa shape index (κ1) is 27.6. The van der Waals surface area contributed by atoms with Crippen LogP contribution in [0.2, 0.25) is 0 Å². The van der Waals surface area contributed by atoms with E-state index in [2.05, 4.69) is 20.3 Å². The molecule has 0 fully saturated rings. The number of rotatable bonds is 7. The van der Waals surface area contributed by atoms with Crippen LogP contribution < -0.4 is 14.8 Å². The molecule has 1 heterocycles. The predicted octanol–water partition coefficient (Wildman–Crippen LogP) is 5.76. The molecule has 2 aromatic carbocycles. The molecule has 1 atom stereocenters. The first-order valence-corrected chi connectivity index (χ1v) is 11.8. The Bertz CT molecular complexity index is 1460. The number of halogens is 7. The summed E-state index contributed by atoms with van der Waals surface area (Å²) in [6, 6.07) is 6.30. The minimum absolute atomic E-state index is 0.00554. The molecule has 0 aliphatic rings. The summed E-state index contributed by atoms with van der Waals surface area (Å²) in [7, 11) is -3.21. The second-order valence-corrected chi connectivity index (χ2v) is 9.51. The van der Waals surface area contributed by atoms with Gasteiger partial charge in [-0.3, -0.25) is 4.79 Å². The molecule has 198 valence electrons. The van der Waals surface area contributed by atoms with E-state index in [9.17, 15) is 39.7 Å². The summed E-state index contributed by atoms with van der Waals surface area (Å²) >= 11 is 0. The number of benzene rings is 2. The van der Waals surface area contributed by atoms with E-state index >= 15 is 0 Å². The lowest BCUT2D eigenvalue weighted by molar-refractivity contribution is -0.142. The zero-order valence-corrected chi connectivity index (χ0v) is 19.4. The summed E-state index contributed by atoms with van der Waals surface area (Å²) in [5.74, 6) is -8.17. The van der Waals surface area contributed by atoms with Crippen molar-refractivity contribution in [2.24, 2.45) is 0 Å². The second-order valence-electron chi connectivity index (χ2n) is 7.35. The van der Waals surface area contributed by atoms with Crippen molar-refractivity contribution in [2.45, 2.75) is 24.6 Å². The fraction of sp³-hybridized carbons (Fsp3) is 0.190. The molecule has 37 heavy (non-hydrogen) atoms. The van der Waals surface area contributed by atoms with Crippen LogP contribution in [0.3, 0.4) is 0 Å². The summed E-state index contributed by atoms with van der Waals surface area (Å²) in [4.78, 5) is 13.0. The van der Waals surface area contributed by atoms with Crippen molar-refractivity contribution in [1.82, 2.24) is 10.2 Å². The van der Waals surface area contributed by atoms with E-state index in [0.717, 1.165) is 19.2 Å². The van der Waals surface area contributed by atoms with Crippen LogP contribution in [-0.4, -0.2) is 33.2 Å². The molecule has 0 radical (unpaired) electrons. The van der Waals surface area contributed by atoms with Crippen molar-refractivity contribution in [3.63, 3.8) is 0 Å². The predicted molar refractivity (Wildman–Crippen MR) is 114 cm³/mol. The Morgan fingerprint density at radius 3 is 2.30 bits per heavy atom. The molecule has 1 aromatic heterocycles. The van der Waals surface area contributed by atoms with Crippen LogP contribution in [0.15, 0.2) is 41.3 Å². The van der Waals surface area contributed by atoms with Crippen LogP contribution in [-0.2, 0) is 15.9 Å². The van der Waals surface area contributed by atoms with Crippen LogP contribution in [0.5, 0.6) is 17.4 Å². The topological polar surface area (TPSA) is 114 Å². The average Bonchev–Trinajstić information content (AvgIpc) is 2.77. The second kappa shape index (κ2) is 10.2. The number of hydrogen-bond acceptors (Lipinski definition) is 7. The summed E-state index contributed by atoms with van der Waals surface area (Å²) in [6.45, 7) is -2.62. The first-order chi connectivity index (χ1) is 17.1.